The zero-order valence-electron chi connectivity index (χ0n) is 18.1. The molecular weight excluding hydrogens is 402 g/mol. The summed E-state index contributed by atoms with van der Waals surface area (Å²) in [6, 6.07) is 19.2. The second-order valence-electron chi connectivity index (χ2n) is 8.66. The molecule has 1 fully saturated rings. The van der Waals surface area contributed by atoms with Gasteiger partial charge in [0.1, 0.15) is 10.5 Å². The number of piperidine rings is 1. The summed E-state index contributed by atoms with van der Waals surface area (Å²) in [5, 5.41) is 1.14. The smallest absolute Gasteiger partial charge is 0.273 e. The highest BCUT2D eigenvalue weighted by Gasteiger charge is 2.19. The molecule has 2 aromatic heterocycles. The van der Waals surface area contributed by atoms with Gasteiger partial charge in [-0.05, 0) is 44.4 Å². The molecule has 4 aromatic rings. The van der Waals surface area contributed by atoms with Gasteiger partial charge in [-0.3, -0.25) is 4.79 Å². The third-order valence-corrected chi connectivity index (χ3v) is 7.59. The molecule has 3 heterocycles. The number of aryl methyl sites for hydroxylation is 1. The monoisotopic (exact) mass is 431 g/mol. The first-order chi connectivity index (χ1) is 15.2. The lowest BCUT2D eigenvalue weighted by Crippen LogP contribution is -2.38. The predicted octanol–water partition coefficient (Wildman–Crippen LogP) is 5.47. The summed E-state index contributed by atoms with van der Waals surface area (Å²) in [7, 11) is 0. The molecule has 2 aromatic carbocycles. The number of benzene rings is 2. The SMILES string of the molecule is CC1CCCCN1CCCn1c(=O)c(Cc2ccccc2)nc2sc3ccccc3c21. The summed E-state index contributed by atoms with van der Waals surface area (Å²) < 4.78 is 3.20. The van der Waals surface area contributed by atoms with Crippen LogP contribution in [-0.2, 0) is 13.0 Å². The van der Waals surface area contributed by atoms with Crippen molar-refractivity contribution in [2.24, 2.45) is 0 Å². The van der Waals surface area contributed by atoms with E-state index in [4.69, 9.17) is 4.98 Å². The fraction of sp³-hybridized carbons (Fsp3) is 0.385. The Hall–Kier alpha value is -2.50. The Morgan fingerprint density at radius 1 is 1.03 bits per heavy atom. The van der Waals surface area contributed by atoms with Crippen LogP contribution in [0, 0.1) is 0 Å². The van der Waals surface area contributed by atoms with Crippen LogP contribution in [0.2, 0.25) is 0 Å². The molecule has 1 atom stereocenters. The number of thiophene rings is 1. The Bertz CT molecular complexity index is 1240. The highest BCUT2D eigenvalue weighted by Crippen LogP contribution is 2.32. The van der Waals surface area contributed by atoms with Gasteiger partial charge < -0.3 is 9.47 Å². The minimum absolute atomic E-state index is 0.0617. The summed E-state index contributed by atoms with van der Waals surface area (Å²) in [4.78, 5) is 22.0. The number of hydrogen-bond acceptors (Lipinski definition) is 4. The molecule has 0 radical (unpaired) electrons. The molecule has 0 amide bonds. The average Bonchev–Trinajstić information content (AvgIpc) is 3.16. The molecule has 4 nitrogen and oxygen atoms in total. The third kappa shape index (κ3) is 4.17. The normalized spacial score (nSPS) is 17.5. The summed E-state index contributed by atoms with van der Waals surface area (Å²) in [6.07, 6.45) is 5.48. The third-order valence-electron chi connectivity index (χ3n) is 6.53. The van der Waals surface area contributed by atoms with Gasteiger partial charge in [-0.25, -0.2) is 4.98 Å². The Morgan fingerprint density at radius 2 is 1.84 bits per heavy atom. The maximum atomic E-state index is 13.6. The molecule has 5 rings (SSSR count). The van der Waals surface area contributed by atoms with Crippen molar-refractivity contribution in [3.05, 3.63) is 76.2 Å². The van der Waals surface area contributed by atoms with Gasteiger partial charge in [0.15, 0.2) is 0 Å². The van der Waals surface area contributed by atoms with Gasteiger partial charge in [0.25, 0.3) is 5.56 Å². The molecule has 31 heavy (non-hydrogen) atoms. The zero-order chi connectivity index (χ0) is 21.2. The molecule has 1 aliphatic rings. The Morgan fingerprint density at radius 3 is 2.68 bits per heavy atom. The zero-order valence-corrected chi connectivity index (χ0v) is 18.9. The molecule has 1 saturated heterocycles. The van der Waals surface area contributed by atoms with E-state index in [1.165, 1.54) is 30.5 Å². The quantitative estimate of drug-likeness (QED) is 0.406. The van der Waals surface area contributed by atoms with Crippen LogP contribution in [0.5, 0.6) is 0 Å². The van der Waals surface area contributed by atoms with Crippen LogP contribution in [-0.4, -0.2) is 33.6 Å². The van der Waals surface area contributed by atoms with Crippen LogP contribution >= 0.6 is 11.3 Å². The number of likely N-dealkylation sites (tertiary alicyclic amines) is 1. The van der Waals surface area contributed by atoms with Gasteiger partial charge in [0, 0.05) is 35.6 Å². The van der Waals surface area contributed by atoms with Crippen LogP contribution < -0.4 is 5.56 Å². The van der Waals surface area contributed by atoms with E-state index in [-0.39, 0.29) is 5.56 Å². The van der Waals surface area contributed by atoms with Crippen molar-refractivity contribution in [3.8, 4) is 0 Å². The summed E-state index contributed by atoms with van der Waals surface area (Å²) in [5.41, 5.74) is 2.85. The van der Waals surface area contributed by atoms with Gasteiger partial charge in [-0.15, -0.1) is 11.3 Å². The molecular formula is C26H29N3OS. The summed E-state index contributed by atoms with van der Waals surface area (Å²) in [5.74, 6) is 0. The minimum atomic E-state index is 0.0617. The van der Waals surface area contributed by atoms with Gasteiger partial charge in [0.2, 0.25) is 0 Å². The molecule has 0 aliphatic carbocycles. The number of aromatic nitrogens is 2. The molecule has 0 bridgehead atoms. The van der Waals surface area contributed by atoms with Crippen molar-refractivity contribution >= 4 is 31.8 Å². The lowest BCUT2D eigenvalue weighted by atomic mass is 10.0. The van der Waals surface area contributed by atoms with E-state index in [2.05, 4.69) is 48.2 Å². The first-order valence-electron chi connectivity index (χ1n) is 11.4. The van der Waals surface area contributed by atoms with Crippen LogP contribution in [0.15, 0.2) is 59.4 Å². The number of fused-ring (bicyclic) bond motifs is 3. The van der Waals surface area contributed by atoms with Gasteiger partial charge >= 0.3 is 0 Å². The second-order valence-corrected chi connectivity index (χ2v) is 9.69. The van der Waals surface area contributed by atoms with Crippen molar-refractivity contribution in [2.45, 2.75) is 51.6 Å². The van der Waals surface area contributed by atoms with Gasteiger partial charge in [0.05, 0.1) is 5.52 Å². The van der Waals surface area contributed by atoms with Crippen LogP contribution in [0.3, 0.4) is 0 Å². The number of rotatable bonds is 6. The van der Waals surface area contributed by atoms with E-state index < -0.39 is 0 Å². The van der Waals surface area contributed by atoms with Crippen molar-refractivity contribution < 1.29 is 0 Å². The van der Waals surface area contributed by atoms with Crippen molar-refractivity contribution in [3.63, 3.8) is 0 Å². The highest BCUT2D eigenvalue weighted by molar-refractivity contribution is 7.25. The van der Waals surface area contributed by atoms with E-state index in [9.17, 15) is 4.79 Å². The van der Waals surface area contributed by atoms with E-state index >= 15 is 0 Å². The van der Waals surface area contributed by atoms with Crippen LogP contribution in [0.25, 0.3) is 20.4 Å². The molecule has 1 aliphatic heterocycles. The lowest BCUT2D eigenvalue weighted by Gasteiger charge is -2.33. The highest BCUT2D eigenvalue weighted by atomic mass is 32.1. The van der Waals surface area contributed by atoms with E-state index in [0.717, 1.165) is 40.8 Å². The summed E-state index contributed by atoms with van der Waals surface area (Å²) in [6.45, 7) is 5.31. The fourth-order valence-corrected chi connectivity index (χ4v) is 5.92. The molecule has 0 spiro atoms. The van der Waals surface area contributed by atoms with Crippen molar-refractivity contribution in [2.75, 3.05) is 13.1 Å². The fourth-order valence-electron chi connectivity index (χ4n) is 4.82. The standard InChI is InChI=1S/C26H29N3OS/c1-19-10-7-8-15-28(19)16-9-17-29-24-21-13-5-6-14-23(21)31-25(24)27-22(26(29)30)18-20-11-3-2-4-12-20/h2-6,11-14,19H,7-10,15-18H2,1H3. The average molecular weight is 432 g/mol. The maximum Gasteiger partial charge on any atom is 0.273 e. The minimum Gasteiger partial charge on any atom is -0.304 e. The lowest BCUT2D eigenvalue weighted by molar-refractivity contribution is 0.157. The largest absolute Gasteiger partial charge is 0.304 e. The Labute approximate surface area is 187 Å². The number of hydrogen-bond donors (Lipinski definition) is 0. The molecule has 0 saturated carbocycles. The molecule has 160 valence electrons. The predicted molar refractivity (Wildman–Crippen MR) is 130 cm³/mol. The second kappa shape index (κ2) is 8.93. The maximum absolute atomic E-state index is 13.6. The molecule has 5 heteroatoms. The Kier molecular flexibility index (Phi) is 5.88. The first-order valence-corrected chi connectivity index (χ1v) is 12.2. The van der Waals surface area contributed by atoms with Gasteiger partial charge in [-0.1, -0.05) is 55.0 Å². The van der Waals surface area contributed by atoms with Crippen molar-refractivity contribution in [1.82, 2.24) is 14.5 Å². The first kappa shape index (κ1) is 20.4. The van der Waals surface area contributed by atoms with E-state index in [0.29, 0.717) is 18.2 Å². The van der Waals surface area contributed by atoms with Crippen molar-refractivity contribution in [1.29, 1.82) is 0 Å². The van der Waals surface area contributed by atoms with Crippen LogP contribution in [0.4, 0.5) is 0 Å². The van der Waals surface area contributed by atoms with Gasteiger partial charge in [-0.2, -0.15) is 0 Å². The Balaban J connectivity index is 1.52. The topological polar surface area (TPSA) is 38.1 Å². The van der Waals surface area contributed by atoms with E-state index in [1.807, 2.05) is 22.8 Å². The van der Waals surface area contributed by atoms with Crippen LogP contribution in [0.1, 0.15) is 43.9 Å². The molecule has 0 N–H and O–H groups in total. The molecule has 1 unspecified atom stereocenters. The summed E-state index contributed by atoms with van der Waals surface area (Å²) >= 11 is 1.69. The number of nitrogens with zero attached hydrogens (tertiary/aromatic N) is 3. The van der Waals surface area contributed by atoms with E-state index in [1.54, 1.807) is 11.3 Å².